The Kier molecular flexibility index (Phi) is 3.62. The molecule has 1 aromatic rings. The molecule has 0 aliphatic carbocycles. The van der Waals surface area contributed by atoms with E-state index in [-0.39, 0.29) is 5.92 Å². The fourth-order valence-corrected chi connectivity index (χ4v) is 2.42. The predicted octanol–water partition coefficient (Wildman–Crippen LogP) is 1.58. The Balaban J connectivity index is 1.95. The van der Waals surface area contributed by atoms with Crippen LogP contribution in [0.15, 0.2) is 0 Å². The molecule has 1 aliphatic rings. The zero-order valence-corrected chi connectivity index (χ0v) is 10.8. The van der Waals surface area contributed by atoms with Gasteiger partial charge in [-0.1, -0.05) is 0 Å². The number of ketones is 1. The van der Waals surface area contributed by atoms with E-state index in [1.807, 2.05) is 18.7 Å². The summed E-state index contributed by atoms with van der Waals surface area (Å²) in [6.07, 6.45) is 2.31. The van der Waals surface area contributed by atoms with Crippen LogP contribution in [0.25, 0.3) is 0 Å². The molecule has 4 nitrogen and oxygen atoms in total. The first-order valence-electron chi connectivity index (χ1n) is 6.19. The number of hydrogen-bond acceptors (Lipinski definition) is 3. The SMILES string of the molecule is Cc1nn(C)c(C)c1CCC(=O)C1CCOC1. The minimum atomic E-state index is 0.132. The van der Waals surface area contributed by atoms with E-state index in [2.05, 4.69) is 12.0 Å². The summed E-state index contributed by atoms with van der Waals surface area (Å²) >= 11 is 0. The molecule has 1 atom stereocenters. The summed E-state index contributed by atoms with van der Waals surface area (Å²) in [7, 11) is 1.94. The van der Waals surface area contributed by atoms with Gasteiger partial charge in [-0.15, -0.1) is 0 Å². The summed E-state index contributed by atoms with van der Waals surface area (Å²) < 4.78 is 7.13. The van der Waals surface area contributed by atoms with Crippen molar-refractivity contribution in [3.05, 3.63) is 17.0 Å². The van der Waals surface area contributed by atoms with Gasteiger partial charge < -0.3 is 4.74 Å². The Bertz CT molecular complexity index is 417. The molecular formula is C13H20N2O2. The fraction of sp³-hybridized carbons (Fsp3) is 0.692. The van der Waals surface area contributed by atoms with Gasteiger partial charge in [-0.2, -0.15) is 5.10 Å². The number of carbonyl (C=O) groups is 1. The van der Waals surface area contributed by atoms with E-state index in [0.717, 1.165) is 30.8 Å². The van der Waals surface area contributed by atoms with Crippen LogP contribution in [0.2, 0.25) is 0 Å². The van der Waals surface area contributed by atoms with Gasteiger partial charge in [0.25, 0.3) is 0 Å². The zero-order valence-electron chi connectivity index (χ0n) is 10.8. The molecule has 1 aromatic heterocycles. The minimum absolute atomic E-state index is 0.132. The lowest BCUT2D eigenvalue weighted by Crippen LogP contribution is -2.15. The summed E-state index contributed by atoms with van der Waals surface area (Å²) in [6.45, 7) is 5.41. The lowest BCUT2D eigenvalue weighted by Gasteiger charge is -2.06. The standard InChI is InChI=1S/C13H20N2O2/c1-9-12(10(2)15(3)14-9)4-5-13(16)11-6-7-17-8-11/h11H,4-8H2,1-3H3. The first kappa shape index (κ1) is 12.3. The number of Topliss-reactive ketones (excluding diaryl/α,β-unsaturated/α-hetero) is 1. The largest absolute Gasteiger partial charge is 0.381 e. The molecule has 1 saturated heterocycles. The monoisotopic (exact) mass is 236 g/mol. The van der Waals surface area contributed by atoms with Crippen LogP contribution in [0.5, 0.6) is 0 Å². The molecule has 1 fully saturated rings. The second-order valence-corrected chi connectivity index (χ2v) is 4.80. The number of carbonyl (C=O) groups excluding carboxylic acids is 1. The fourth-order valence-electron chi connectivity index (χ4n) is 2.42. The van der Waals surface area contributed by atoms with Crippen molar-refractivity contribution in [1.29, 1.82) is 0 Å². The van der Waals surface area contributed by atoms with Crippen LogP contribution in [0.4, 0.5) is 0 Å². The summed E-state index contributed by atoms with van der Waals surface area (Å²) in [6, 6.07) is 0. The van der Waals surface area contributed by atoms with Crippen molar-refractivity contribution >= 4 is 5.78 Å². The maximum Gasteiger partial charge on any atom is 0.138 e. The van der Waals surface area contributed by atoms with Gasteiger partial charge in [-0.05, 0) is 32.3 Å². The summed E-state index contributed by atoms with van der Waals surface area (Å²) in [5.41, 5.74) is 3.43. The topological polar surface area (TPSA) is 44.1 Å². The molecule has 1 unspecified atom stereocenters. The van der Waals surface area contributed by atoms with E-state index in [9.17, 15) is 4.79 Å². The lowest BCUT2D eigenvalue weighted by atomic mass is 9.97. The molecule has 0 radical (unpaired) electrons. The minimum Gasteiger partial charge on any atom is -0.381 e. The first-order valence-corrected chi connectivity index (χ1v) is 6.19. The van der Waals surface area contributed by atoms with E-state index in [4.69, 9.17) is 4.74 Å². The van der Waals surface area contributed by atoms with Crippen LogP contribution in [0.1, 0.15) is 29.8 Å². The van der Waals surface area contributed by atoms with E-state index in [0.29, 0.717) is 18.8 Å². The Morgan fingerprint density at radius 2 is 2.29 bits per heavy atom. The van der Waals surface area contributed by atoms with Crippen molar-refractivity contribution in [3.8, 4) is 0 Å². The third-order valence-corrected chi connectivity index (χ3v) is 3.67. The molecular weight excluding hydrogens is 216 g/mol. The third kappa shape index (κ3) is 2.57. The molecule has 0 spiro atoms. The Morgan fingerprint density at radius 3 is 2.82 bits per heavy atom. The van der Waals surface area contributed by atoms with E-state index < -0.39 is 0 Å². The Hall–Kier alpha value is -1.16. The molecule has 0 saturated carbocycles. The molecule has 17 heavy (non-hydrogen) atoms. The highest BCUT2D eigenvalue weighted by molar-refractivity contribution is 5.81. The smallest absolute Gasteiger partial charge is 0.138 e. The van der Waals surface area contributed by atoms with Crippen LogP contribution >= 0.6 is 0 Å². The van der Waals surface area contributed by atoms with Crippen molar-refractivity contribution in [2.45, 2.75) is 33.1 Å². The molecule has 0 aromatic carbocycles. The van der Waals surface area contributed by atoms with Crippen molar-refractivity contribution < 1.29 is 9.53 Å². The van der Waals surface area contributed by atoms with Gasteiger partial charge in [-0.3, -0.25) is 9.48 Å². The van der Waals surface area contributed by atoms with Crippen LogP contribution < -0.4 is 0 Å². The van der Waals surface area contributed by atoms with E-state index >= 15 is 0 Å². The average Bonchev–Trinajstić information content (AvgIpc) is 2.88. The lowest BCUT2D eigenvalue weighted by molar-refractivity contribution is -0.122. The third-order valence-electron chi connectivity index (χ3n) is 3.67. The van der Waals surface area contributed by atoms with Gasteiger partial charge in [0.1, 0.15) is 5.78 Å². The maximum absolute atomic E-state index is 11.9. The molecule has 2 heterocycles. The van der Waals surface area contributed by atoms with Gasteiger partial charge in [0, 0.05) is 31.7 Å². The van der Waals surface area contributed by atoms with Gasteiger partial charge in [0.15, 0.2) is 0 Å². The second kappa shape index (κ2) is 5.00. The number of aryl methyl sites for hydroxylation is 2. The predicted molar refractivity (Wildman–Crippen MR) is 64.9 cm³/mol. The van der Waals surface area contributed by atoms with Gasteiger partial charge >= 0.3 is 0 Å². The average molecular weight is 236 g/mol. The second-order valence-electron chi connectivity index (χ2n) is 4.80. The number of nitrogens with zero attached hydrogens (tertiary/aromatic N) is 2. The van der Waals surface area contributed by atoms with Crippen molar-refractivity contribution in [3.63, 3.8) is 0 Å². The molecule has 4 heteroatoms. The van der Waals surface area contributed by atoms with Crippen molar-refractivity contribution in [2.75, 3.05) is 13.2 Å². The molecule has 0 N–H and O–H groups in total. The highest BCUT2D eigenvalue weighted by atomic mass is 16.5. The maximum atomic E-state index is 11.9. The molecule has 2 rings (SSSR count). The van der Waals surface area contributed by atoms with Crippen LogP contribution in [0, 0.1) is 19.8 Å². The molecule has 1 aliphatic heterocycles. The van der Waals surface area contributed by atoms with Crippen LogP contribution in [-0.4, -0.2) is 28.8 Å². The highest BCUT2D eigenvalue weighted by Gasteiger charge is 2.23. The quantitative estimate of drug-likeness (QED) is 0.797. The number of rotatable bonds is 4. The van der Waals surface area contributed by atoms with E-state index in [1.54, 1.807) is 0 Å². The Morgan fingerprint density at radius 1 is 1.53 bits per heavy atom. The Labute approximate surface area is 102 Å². The summed E-state index contributed by atoms with van der Waals surface area (Å²) in [5.74, 6) is 0.470. The van der Waals surface area contributed by atoms with Gasteiger partial charge in [0.05, 0.1) is 12.3 Å². The highest BCUT2D eigenvalue weighted by Crippen LogP contribution is 2.19. The molecule has 0 amide bonds. The van der Waals surface area contributed by atoms with Crippen LogP contribution in [0.3, 0.4) is 0 Å². The summed E-state index contributed by atoms with van der Waals surface area (Å²) in [4.78, 5) is 11.9. The van der Waals surface area contributed by atoms with Crippen molar-refractivity contribution in [2.24, 2.45) is 13.0 Å². The number of ether oxygens (including phenoxy) is 1. The summed E-state index contributed by atoms with van der Waals surface area (Å²) in [5, 5.41) is 4.37. The number of aromatic nitrogens is 2. The first-order chi connectivity index (χ1) is 8.09. The van der Waals surface area contributed by atoms with Crippen LogP contribution in [-0.2, 0) is 23.0 Å². The van der Waals surface area contributed by atoms with Gasteiger partial charge in [-0.25, -0.2) is 0 Å². The van der Waals surface area contributed by atoms with Crippen molar-refractivity contribution in [1.82, 2.24) is 9.78 Å². The van der Waals surface area contributed by atoms with Gasteiger partial charge in [0.2, 0.25) is 0 Å². The molecule has 0 bridgehead atoms. The zero-order chi connectivity index (χ0) is 12.4. The normalized spacial score (nSPS) is 19.8. The number of hydrogen-bond donors (Lipinski definition) is 0. The van der Waals surface area contributed by atoms with E-state index in [1.165, 1.54) is 5.56 Å². The molecule has 94 valence electrons.